The zero-order chi connectivity index (χ0) is 17.9. The topological polar surface area (TPSA) is 58.6 Å². The number of rotatable bonds is 5. The van der Waals surface area contributed by atoms with E-state index in [0.717, 1.165) is 0 Å². The second kappa shape index (κ2) is 6.99. The van der Waals surface area contributed by atoms with E-state index in [1.54, 1.807) is 5.06 Å². The van der Waals surface area contributed by atoms with E-state index in [1.807, 2.05) is 62.3 Å². The quantitative estimate of drug-likeness (QED) is 0.791. The lowest BCUT2D eigenvalue weighted by Crippen LogP contribution is -2.57. The molecular weight excluding hydrogens is 280 g/mol. The molecule has 5 nitrogen and oxygen atoms in total. The molecule has 0 saturated carbocycles. The van der Waals surface area contributed by atoms with Crippen LogP contribution in [0.4, 0.5) is 0 Å². The summed E-state index contributed by atoms with van der Waals surface area (Å²) >= 11 is 0. The maximum Gasteiger partial charge on any atom is 0.330 e. The van der Waals surface area contributed by atoms with E-state index >= 15 is 0 Å². The zero-order valence-electron chi connectivity index (χ0n) is 16.0. The van der Waals surface area contributed by atoms with E-state index in [9.17, 15) is 9.59 Å². The Balaban J connectivity index is 5.25. The lowest BCUT2D eigenvalue weighted by molar-refractivity contribution is -0.258. The first-order valence-electron chi connectivity index (χ1n) is 7.87. The summed E-state index contributed by atoms with van der Waals surface area (Å²) in [5, 5.41) is 4.64. The Kier molecular flexibility index (Phi) is 6.64. The number of amides is 1. The van der Waals surface area contributed by atoms with Crippen molar-refractivity contribution < 1.29 is 14.4 Å². The van der Waals surface area contributed by atoms with E-state index in [-0.39, 0.29) is 23.5 Å². The van der Waals surface area contributed by atoms with E-state index in [4.69, 9.17) is 4.84 Å². The Bertz CT molecular complexity index is 403. The first kappa shape index (κ1) is 20.9. The first-order chi connectivity index (χ1) is 9.57. The molecule has 130 valence electrons. The summed E-state index contributed by atoms with van der Waals surface area (Å²) in [5.74, 6) is -0.319. The highest BCUT2D eigenvalue weighted by Gasteiger charge is 2.41. The molecule has 1 atom stereocenters. The predicted octanol–water partition coefficient (Wildman–Crippen LogP) is 3.28. The van der Waals surface area contributed by atoms with Gasteiger partial charge in [0, 0.05) is 18.5 Å². The normalized spacial score (nSPS) is 14.7. The van der Waals surface area contributed by atoms with Gasteiger partial charge in [0.15, 0.2) is 0 Å². The summed E-state index contributed by atoms with van der Waals surface area (Å²) in [7, 11) is 0. The van der Waals surface area contributed by atoms with Crippen LogP contribution in [0.1, 0.15) is 75.7 Å². The van der Waals surface area contributed by atoms with Gasteiger partial charge < -0.3 is 10.2 Å². The van der Waals surface area contributed by atoms with Gasteiger partial charge in [-0.25, -0.2) is 4.79 Å². The highest BCUT2D eigenvalue weighted by Crippen LogP contribution is 2.31. The Labute approximate surface area is 135 Å². The van der Waals surface area contributed by atoms with Crippen molar-refractivity contribution in [2.24, 2.45) is 5.41 Å². The molecule has 0 heterocycles. The van der Waals surface area contributed by atoms with Gasteiger partial charge >= 0.3 is 5.97 Å². The monoisotopic (exact) mass is 314 g/mol. The molecule has 0 aromatic heterocycles. The predicted molar refractivity (Wildman–Crippen MR) is 89.1 cm³/mol. The van der Waals surface area contributed by atoms with Crippen LogP contribution in [0.15, 0.2) is 0 Å². The average molecular weight is 314 g/mol. The lowest BCUT2D eigenvalue weighted by Gasteiger charge is -2.46. The third-order valence-electron chi connectivity index (χ3n) is 3.20. The van der Waals surface area contributed by atoms with E-state index in [2.05, 4.69) is 5.32 Å². The first-order valence-corrected chi connectivity index (χ1v) is 7.87. The summed E-state index contributed by atoms with van der Waals surface area (Å²) in [5.41, 5.74) is -1.33. The Morgan fingerprint density at radius 1 is 1.05 bits per heavy atom. The molecule has 5 heteroatoms. The Morgan fingerprint density at radius 2 is 1.50 bits per heavy atom. The number of carbonyl (C=O) groups is 2. The molecule has 1 unspecified atom stereocenters. The molecular formula is C17H34N2O3. The molecule has 1 N–H and O–H groups in total. The minimum absolute atomic E-state index is 0.00862. The van der Waals surface area contributed by atoms with Crippen LogP contribution < -0.4 is 5.32 Å². The van der Waals surface area contributed by atoms with Gasteiger partial charge in [0.25, 0.3) is 0 Å². The fourth-order valence-corrected chi connectivity index (χ4v) is 2.62. The number of hydrogen-bond acceptors (Lipinski definition) is 4. The van der Waals surface area contributed by atoms with Gasteiger partial charge in [-0.1, -0.05) is 0 Å². The van der Waals surface area contributed by atoms with Gasteiger partial charge in [0.1, 0.15) is 0 Å². The smallest absolute Gasteiger partial charge is 0.330 e. The van der Waals surface area contributed by atoms with Crippen molar-refractivity contribution >= 4 is 11.9 Å². The summed E-state index contributed by atoms with van der Waals surface area (Å²) in [4.78, 5) is 29.2. The molecule has 0 saturated heterocycles. The summed E-state index contributed by atoms with van der Waals surface area (Å²) in [6.07, 6.45) is 0.668. The highest BCUT2D eigenvalue weighted by atomic mass is 16.7. The zero-order valence-corrected chi connectivity index (χ0v) is 16.0. The van der Waals surface area contributed by atoms with Gasteiger partial charge in [-0.3, -0.25) is 4.79 Å². The van der Waals surface area contributed by atoms with Crippen LogP contribution >= 0.6 is 0 Å². The van der Waals surface area contributed by atoms with Crippen LogP contribution in [0.2, 0.25) is 0 Å². The largest absolute Gasteiger partial charge is 0.366 e. The standard InChI is InChI=1S/C17H34N2O3/c1-12(18-13(2)20)11-17(9,10)19(16(6,7)8)22-14(21)15(3,4)5/h12H,11H2,1-10H3,(H,18,20). The Morgan fingerprint density at radius 3 is 1.82 bits per heavy atom. The minimum atomic E-state index is -0.567. The summed E-state index contributed by atoms with van der Waals surface area (Å²) < 4.78 is 0. The van der Waals surface area contributed by atoms with Gasteiger partial charge in [-0.15, -0.1) is 5.06 Å². The minimum Gasteiger partial charge on any atom is -0.366 e. The van der Waals surface area contributed by atoms with Crippen molar-refractivity contribution in [1.82, 2.24) is 10.4 Å². The summed E-state index contributed by atoms with van der Waals surface area (Å²) in [6, 6.07) is -0.00862. The van der Waals surface area contributed by atoms with Crippen LogP contribution in [0.3, 0.4) is 0 Å². The molecule has 0 spiro atoms. The molecule has 0 bridgehead atoms. The Hall–Kier alpha value is -1.10. The van der Waals surface area contributed by atoms with Crippen LogP contribution in [-0.4, -0.2) is 34.1 Å². The third-order valence-corrected chi connectivity index (χ3v) is 3.20. The van der Waals surface area contributed by atoms with Crippen LogP contribution in [0.5, 0.6) is 0 Å². The molecule has 0 radical (unpaired) electrons. The lowest BCUT2D eigenvalue weighted by atomic mass is 9.91. The van der Waals surface area contributed by atoms with E-state index in [1.165, 1.54) is 6.92 Å². The molecule has 0 aliphatic rings. The maximum atomic E-state index is 12.3. The van der Waals surface area contributed by atoms with Gasteiger partial charge in [-0.2, -0.15) is 0 Å². The van der Waals surface area contributed by atoms with Gasteiger partial charge in [0.2, 0.25) is 5.91 Å². The highest BCUT2D eigenvalue weighted by molar-refractivity contribution is 5.75. The average Bonchev–Trinajstić information content (AvgIpc) is 2.19. The second-order valence-corrected chi connectivity index (χ2v) is 8.71. The van der Waals surface area contributed by atoms with Gasteiger partial charge in [0.05, 0.1) is 11.0 Å². The fourth-order valence-electron chi connectivity index (χ4n) is 2.62. The van der Waals surface area contributed by atoms with E-state index in [0.29, 0.717) is 6.42 Å². The number of carbonyl (C=O) groups excluding carboxylic acids is 2. The van der Waals surface area contributed by atoms with E-state index < -0.39 is 11.0 Å². The molecule has 0 aromatic rings. The van der Waals surface area contributed by atoms with Crippen LogP contribution in [-0.2, 0) is 14.4 Å². The number of hydroxylamine groups is 2. The number of nitrogens with one attached hydrogen (secondary N) is 1. The molecule has 0 aliphatic carbocycles. The third kappa shape index (κ3) is 6.77. The molecule has 0 aliphatic heterocycles. The van der Waals surface area contributed by atoms with Crippen molar-refractivity contribution in [3.05, 3.63) is 0 Å². The van der Waals surface area contributed by atoms with Crippen molar-refractivity contribution in [2.75, 3.05) is 0 Å². The van der Waals surface area contributed by atoms with Crippen molar-refractivity contribution in [2.45, 2.75) is 92.8 Å². The SMILES string of the molecule is CC(=O)NC(C)CC(C)(C)N(OC(=O)C(C)(C)C)C(C)(C)C. The van der Waals surface area contributed by atoms with Crippen LogP contribution in [0.25, 0.3) is 0 Å². The van der Waals surface area contributed by atoms with Crippen molar-refractivity contribution in [3.63, 3.8) is 0 Å². The number of hydrogen-bond donors (Lipinski definition) is 1. The second-order valence-electron chi connectivity index (χ2n) is 8.71. The number of nitrogens with zero attached hydrogens (tertiary/aromatic N) is 1. The van der Waals surface area contributed by atoms with Gasteiger partial charge in [-0.05, 0) is 68.7 Å². The van der Waals surface area contributed by atoms with Crippen molar-refractivity contribution in [1.29, 1.82) is 0 Å². The van der Waals surface area contributed by atoms with Crippen LogP contribution in [0, 0.1) is 5.41 Å². The molecule has 0 fully saturated rings. The molecule has 1 amide bonds. The fraction of sp³-hybridized carbons (Fsp3) is 0.882. The van der Waals surface area contributed by atoms with Crippen molar-refractivity contribution in [3.8, 4) is 0 Å². The molecule has 0 aromatic carbocycles. The molecule has 22 heavy (non-hydrogen) atoms. The molecule has 0 rings (SSSR count). The summed E-state index contributed by atoms with van der Waals surface area (Å²) in [6.45, 7) is 19.0. The maximum absolute atomic E-state index is 12.3.